The van der Waals surface area contributed by atoms with Crippen LogP contribution in [0, 0.1) is 0 Å². The highest BCUT2D eigenvalue weighted by Gasteiger charge is 2.34. The van der Waals surface area contributed by atoms with Crippen molar-refractivity contribution in [2.45, 2.75) is 57.2 Å². The van der Waals surface area contributed by atoms with Crippen molar-refractivity contribution in [3.63, 3.8) is 0 Å². The van der Waals surface area contributed by atoms with Crippen molar-refractivity contribution in [3.05, 3.63) is 88.2 Å². The van der Waals surface area contributed by atoms with Crippen LogP contribution in [0.5, 0.6) is 5.75 Å². The Labute approximate surface area is 221 Å². The number of benzene rings is 2. The average molecular weight is 516 g/mol. The third kappa shape index (κ3) is 5.88. The van der Waals surface area contributed by atoms with E-state index in [1.807, 2.05) is 72.2 Å². The summed E-state index contributed by atoms with van der Waals surface area (Å²) in [5.74, 6) is 0.568. The molecule has 1 atom stereocenters. The first kappa shape index (κ1) is 25.1. The van der Waals surface area contributed by atoms with E-state index >= 15 is 0 Å². The second-order valence-electron chi connectivity index (χ2n) is 9.67. The van der Waals surface area contributed by atoms with Crippen LogP contribution in [0.4, 0.5) is 0 Å². The molecular formula is C30H33N3O3S. The van der Waals surface area contributed by atoms with Gasteiger partial charge < -0.3 is 19.9 Å². The molecule has 0 aliphatic heterocycles. The van der Waals surface area contributed by atoms with Crippen LogP contribution in [0.15, 0.2) is 72.2 Å². The van der Waals surface area contributed by atoms with Gasteiger partial charge in [-0.3, -0.25) is 9.59 Å². The highest BCUT2D eigenvalue weighted by atomic mass is 32.1. The van der Waals surface area contributed by atoms with Crippen LogP contribution in [-0.4, -0.2) is 34.8 Å². The van der Waals surface area contributed by atoms with Gasteiger partial charge in [-0.15, -0.1) is 11.3 Å². The van der Waals surface area contributed by atoms with E-state index in [1.165, 1.54) is 17.8 Å². The van der Waals surface area contributed by atoms with Gasteiger partial charge in [0, 0.05) is 34.6 Å². The Morgan fingerprint density at radius 2 is 1.84 bits per heavy atom. The Bertz CT molecular complexity index is 1320. The molecule has 192 valence electrons. The number of amides is 2. The number of H-pyrrole nitrogens is 1. The lowest BCUT2D eigenvalue weighted by molar-refractivity contribution is -0.141. The maximum atomic E-state index is 14.0. The molecule has 1 aliphatic rings. The molecule has 5 rings (SSSR count). The Hall–Kier alpha value is -3.58. The number of methoxy groups -OCH3 is 1. The number of nitrogens with zero attached hydrogens (tertiary/aromatic N) is 1. The van der Waals surface area contributed by atoms with Crippen molar-refractivity contribution in [1.29, 1.82) is 0 Å². The van der Waals surface area contributed by atoms with Gasteiger partial charge in [-0.1, -0.05) is 55.7 Å². The fourth-order valence-corrected chi connectivity index (χ4v) is 6.03. The molecule has 2 aromatic heterocycles. The molecule has 0 radical (unpaired) electrons. The van der Waals surface area contributed by atoms with E-state index < -0.39 is 6.04 Å². The molecule has 2 N–H and O–H groups in total. The minimum atomic E-state index is -0.693. The molecule has 0 bridgehead atoms. The van der Waals surface area contributed by atoms with Gasteiger partial charge in [0.25, 0.3) is 0 Å². The molecule has 0 saturated heterocycles. The zero-order chi connectivity index (χ0) is 25.6. The van der Waals surface area contributed by atoms with E-state index in [-0.39, 0.29) is 24.3 Å². The van der Waals surface area contributed by atoms with Crippen molar-refractivity contribution in [2.24, 2.45) is 0 Å². The number of hydrogen-bond donors (Lipinski definition) is 2. The number of para-hydroxylation sites is 1. The molecule has 0 unspecified atom stereocenters. The molecule has 2 heterocycles. The fraction of sp³-hybridized carbons (Fsp3) is 0.333. The molecule has 4 aromatic rings. The van der Waals surface area contributed by atoms with Gasteiger partial charge in [0.15, 0.2) is 0 Å². The standard InChI is InChI=1S/C30H33N3O3S/c1-36-24-15-13-21(14-16-24)20-33(28(34)18-22-19-31-26-11-6-5-10-25(22)26)29(27-12-7-17-37-27)30(35)32-23-8-3-2-4-9-23/h5-7,10-17,19,23,29,31H,2-4,8-9,18,20H2,1H3,(H,32,35)/t29-/m0/s1. The normalized spacial score (nSPS) is 14.8. The molecule has 1 saturated carbocycles. The van der Waals surface area contributed by atoms with E-state index in [4.69, 9.17) is 4.74 Å². The fourth-order valence-electron chi connectivity index (χ4n) is 5.19. The number of hydrogen-bond acceptors (Lipinski definition) is 4. The topological polar surface area (TPSA) is 74.4 Å². The molecule has 2 aromatic carbocycles. The van der Waals surface area contributed by atoms with Crippen LogP contribution in [0.25, 0.3) is 10.9 Å². The molecule has 6 nitrogen and oxygen atoms in total. The first-order chi connectivity index (χ1) is 18.1. The van der Waals surface area contributed by atoms with E-state index in [0.717, 1.165) is 58.3 Å². The number of fused-ring (bicyclic) bond motifs is 1. The summed E-state index contributed by atoms with van der Waals surface area (Å²) >= 11 is 1.51. The number of nitrogens with one attached hydrogen (secondary N) is 2. The molecule has 0 spiro atoms. The van der Waals surface area contributed by atoms with E-state index in [9.17, 15) is 9.59 Å². The van der Waals surface area contributed by atoms with Crippen molar-refractivity contribution >= 4 is 34.1 Å². The first-order valence-corrected chi connectivity index (χ1v) is 13.8. The van der Waals surface area contributed by atoms with Gasteiger partial charge in [-0.2, -0.15) is 0 Å². The van der Waals surface area contributed by atoms with Crippen LogP contribution >= 0.6 is 11.3 Å². The summed E-state index contributed by atoms with van der Waals surface area (Å²) in [4.78, 5) is 33.7. The molecule has 2 amide bonds. The van der Waals surface area contributed by atoms with Crippen LogP contribution in [-0.2, 0) is 22.6 Å². The highest BCUT2D eigenvalue weighted by molar-refractivity contribution is 7.10. The number of carbonyl (C=O) groups is 2. The Kier molecular flexibility index (Phi) is 7.90. The van der Waals surface area contributed by atoms with Crippen LogP contribution in [0.1, 0.15) is 54.1 Å². The summed E-state index contributed by atoms with van der Waals surface area (Å²) in [6, 6.07) is 19.0. The molecule has 1 aliphatic carbocycles. The van der Waals surface area contributed by atoms with Gasteiger partial charge >= 0.3 is 0 Å². The quantitative estimate of drug-likeness (QED) is 0.287. The number of aromatic amines is 1. The number of thiophene rings is 1. The minimum Gasteiger partial charge on any atom is -0.497 e. The Balaban J connectivity index is 1.47. The summed E-state index contributed by atoms with van der Waals surface area (Å²) < 4.78 is 5.32. The summed E-state index contributed by atoms with van der Waals surface area (Å²) in [5.41, 5.74) is 2.87. The van der Waals surface area contributed by atoms with Gasteiger partial charge in [0.05, 0.1) is 13.5 Å². The summed E-state index contributed by atoms with van der Waals surface area (Å²) in [6.45, 7) is 0.325. The Morgan fingerprint density at radius 1 is 1.05 bits per heavy atom. The SMILES string of the molecule is COc1ccc(CN(C(=O)Cc2c[nH]c3ccccc23)[C@H](C(=O)NC2CCCCC2)c2cccs2)cc1. The molecule has 1 fully saturated rings. The average Bonchev–Trinajstić information content (AvgIpc) is 3.60. The van der Waals surface area contributed by atoms with Crippen LogP contribution in [0.3, 0.4) is 0 Å². The third-order valence-corrected chi connectivity index (χ3v) is 8.10. The smallest absolute Gasteiger partial charge is 0.248 e. The maximum absolute atomic E-state index is 14.0. The largest absolute Gasteiger partial charge is 0.497 e. The summed E-state index contributed by atoms with van der Waals surface area (Å²) in [7, 11) is 1.63. The van der Waals surface area contributed by atoms with Crippen molar-refractivity contribution in [2.75, 3.05) is 7.11 Å². The van der Waals surface area contributed by atoms with E-state index in [2.05, 4.69) is 10.3 Å². The van der Waals surface area contributed by atoms with E-state index in [0.29, 0.717) is 6.54 Å². The highest BCUT2D eigenvalue weighted by Crippen LogP contribution is 2.30. The third-order valence-electron chi connectivity index (χ3n) is 7.17. The monoisotopic (exact) mass is 515 g/mol. The van der Waals surface area contributed by atoms with Crippen LogP contribution < -0.4 is 10.1 Å². The molecular weight excluding hydrogens is 482 g/mol. The van der Waals surface area contributed by atoms with Gasteiger partial charge in [0.2, 0.25) is 11.8 Å². The summed E-state index contributed by atoms with van der Waals surface area (Å²) in [5, 5.41) is 6.27. The predicted octanol–water partition coefficient (Wildman–Crippen LogP) is 6.00. The molecule has 37 heavy (non-hydrogen) atoms. The number of rotatable bonds is 9. The summed E-state index contributed by atoms with van der Waals surface area (Å²) in [6.07, 6.45) is 7.56. The maximum Gasteiger partial charge on any atom is 0.248 e. The molecule has 7 heteroatoms. The van der Waals surface area contributed by atoms with Crippen molar-refractivity contribution in [1.82, 2.24) is 15.2 Å². The lowest BCUT2D eigenvalue weighted by atomic mass is 9.95. The Morgan fingerprint density at radius 3 is 2.57 bits per heavy atom. The first-order valence-electron chi connectivity index (χ1n) is 12.9. The predicted molar refractivity (Wildman–Crippen MR) is 148 cm³/mol. The van der Waals surface area contributed by atoms with E-state index in [1.54, 1.807) is 12.0 Å². The zero-order valence-electron chi connectivity index (χ0n) is 21.1. The number of ether oxygens (including phenoxy) is 1. The number of aromatic nitrogens is 1. The zero-order valence-corrected chi connectivity index (χ0v) is 21.9. The van der Waals surface area contributed by atoms with Crippen molar-refractivity contribution < 1.29 is 14.3 Å². The van der Waals surface area contributed by atoms with Gasteiger partial charge in [-0.25, -0.2) is 0 Å². The van der Waals surface area contributed by atoms with Gasteiger partial charge in [0.1, 0.15) is 11.8 Å². The van der Waals surface area contributed by atoms with Crippen molar-refractivity contribution in [3.8, 4) is 5.75 Å². The number of carbonyl (C=O) groups excluding carboxylic acids is 2. The second-order valence-corrected chi connectivity index (χ2v) is 10.6. The lowest BCUT2D eigenvalue weighted by Gasteiger charge is -2.33. The van der Waals surface area contributed by atoms with Crippen LogP contribution in [0.2, 0.25) is 0 Å². The minimum absolute atomic E-state index is 0.0854. The second kappa shape index (κ2) is 11.6. The van der Waals surface area contributed by atoms with Gasteiger partial charge in [-0.05, 0) is 53.6 Å². The lowest BCUT2D eigenvalue weighted by Crippen LogP contribution is -2.47.